The Kier molecular flexibility index (Phi) is 6.63. The zero-order valence-corrected chi connectivity index (χ0v) is 16.1. The lowest BCUT2D eigenvalue weighted by molar-refractivity contribution is 0.0949. The Bertz CT molecular complexity index is 832. The smallest absolute Gasteiger partial charge is 0.321 e. The van der Waals surface area contributed by atoms with Crippen molar-refractivity contribution in [3.05, 3.63) is 65.5 Å². The summed E-state index contributed by atoms with van der Waals surface area (Å²) >= 11 is 0. The maximum absolute atomic E-state index is 13.7. The van der Waals surface area contributed by atoms with E-state index in [1.165, 1.54) is 6.07 Å². The van der Waals surface area contributed by atoms with Crippen molar-refractivity contribution in [2.45, 2.75) is 26.2 Å². The number of carbonyl (C=O) groups excluding carboxylic acids is 2. The summed E-state index contributed by atoms with van der Waals surface area (Å²) in [5, 5.41) is 5.60. The highest BCUT2D eigenvalue weighted by Gasteiger charge is 2.23. The molecule has 3 rings (SSSR count). The lowest BCUT2D eigenvalue weighted by atomic mass is 9.93. The van der Waals surface area contributed by atoms with Crippen LogP contribution in [0.2, 0.25) is 0 Å². The van der Waals surface area contributed by atoms with Crippen LogP contribution in [0.5, 0.6) is 0 Å². The Labute approximate surface area is 164 Å². The third-order valence-corrected chi connectivity index (χ3v) is 5.14. The maximum Gasteiger partial charge on any atom is 0.321 e. The van der Waals surface area contributed by atoms with Gasteiger partial charge in [-0.1, -0.05) is 29.8 Å². The lowest BCUT2D eigenvalue weighted by Crippen LogP contribution is -2.41. The Morgan fingerprint density at radius 2 is 1.86 bits per heavy atom. The predicted molar refractivity (Wildman–Crippen MR) is 108 cm³/mol. The van der Waals surface area contributed by atoms with E-state index in [2.05, 4.69) is 10.6 Å². The molecule has 0 spiro atoms. The third-order valence-electron chi connectivity index (χ3n) is 5.14. The summed E-state index contributed by atoms with van der Waals surface area (Å²) in [4.78, 5) is 26.2. The first-order valence-electron chi connectivity index (χ1n) is 9.68. The first-order valence-corrected chi connectivity index (χ1v) is 9.68. The number of benzene rings is 2. The van der Waals surface area contributed by atoms with Gasteiger partial charge in [-0.3, -0.25) is 4.79 Å². The second-order valence-corrected chi connectivity index (χ2v) is 7.25. The molecule has 6 heteroatoms. The van der Waals surface area contributed by atoms with E-state index in [0.717, 1.165) is 24.8 Å². The second-order valence-electron chi connectivity index (χ2n) is 7.25. The molecule has 1 aliphatic rings. The van der Waals surface area contributed by atoms with E-state index in [1.54, 1.807) is 23.1 Å². The highest BCUT2D eigenvalue weighted by molar-refractivity contribution is 5.94. The minimum absolute atomic E-state index is 0.0506. The van der Waals surface area contributed by atoms with Crippen LogP contribution in [0.4, 0.5) is 14.9 Å². The number of para-hydroxylation sites is 1. The van der Waals surface area contributed by atoms with E-state index in [0.29, 0.717) is 31.1 Å². The molecule has 1 fully saturated rings. The zero-order chi connectivity index (χ0) is 19.9. The first kappa shape index (κ1) is 19.9. The van der Waals surface area contributed by atoms with Gasteiger partial charge in [0.2, 0.25) is 0 Å². The number of hydrogen-bond acceptors (Lipinski definition) is 2. The molecule has 0 atom stereocenters. The van der Waals surface area contributed by atoms with Crippen LogP contribution in [0.15, 0.2) is 48.5 Å². The summed E-state index contributed by atoms with van der Waals surface area (Å²) in [7, 11) is 0. The van der Waals surface area contributed by atoms with Crippen LogP contribution in [-0.4, -0.2) is 36.5 Å². The summed E-state index contributed by atoms with van der Waals surface area (Å²) in [5.74, 6) is -0.0178. The Balaban J connectivity index is 1.39. The molecule has 28 heavy (non-hydrogen) atoms. The van der Waals surface area contributed by atoms with Crippen LogP contribution in [-0.2, 0) is 0 Å². The number of nitrogens with one attached hydrogen (secondary N) is 2. The van der Waals surface area contributed by atoms with Crippen LogP contribution in [0, 0.1) is 18.7 Å². The van der Waals surface area contributed by atoms with Crippen molar-refractivity contribution in [3.8, 4) is 0 Å². The van der Waals surface area contributed by atoms with Gasteiger partial charge in [0.25, 0.3) is 5.91 Å². The van der Waals surface area contributed by atoms with Crippen LogP contribution in [0.1, 0.15) is 35.2 Å². The largest absolute Gasteiger partial charge is 0.352 e. The molecule has 2 aromatic rings. The topological polar surface area (TPSA) is 61.4 Å². The molecule has 1 heterocycles. The number of urea groups is 1. The molecule has 0 unspecified atom stereocenters. The average molecular weight is 383 g/mol. The number of likely N-dealkylation sites (tertiary alicyclic amines) is 1. The van der Waals surface area contributed by atoms with E-state index in [9.17, 15) is 14.0 Å². The van der Waals surface area contributed by atoms with Crippen molar-refractivity contribution in [1.29, 1.82) is 0 Å². The summed E-state index contributed by atoms with van der Waals surface area (Å²) in [6.45, 7) is 3.86. The van der Waals surface area contributed by atoms with Gasteiger partial charge in [-0.05, 0) is 56.4 Å². The van der Waals surface area contributed by atoms with Crippen molar-refractivity contribution in [2.24, 2.45) is 5.92 Å². The maximum atomic E-state index is 13.7. The average Bonchev–Trinajstić information content (AvgIpc) is 2.70. The predicted octanol–water partition coefficient (Wildman–Crippen LogP) is 4.20. The van der Waals surface area contributed by atoms with E-state index in [4.69, 9.17) is 0 Å². The van der Waals surface area contributed by atoms with Gasteiger partial charge in [0, 0.05) is 25.2 Å². The Morgan fingerprint density at radius 3 is 2.57 bits per heavy atom. The van der Waals surface area contributed by atoms with E-state index in [-0.39, 0.29) is 17.6 Å². The summed E-state index contributed by atoms with van der Waals surface area (Å²) in [5.41, 5.74) is 1.95. The molecule has 2 N–H and O–H groups in total. The number of nitrogens with zero attached hydrogens (tertiary/aromatic N) is 1. The molecule has 0 saturated carbocycles. The molecular formula is C22H26FN3O2. The van der Waals surface area contributed by atoms with Gasteiger partial charge in [-0.25, -0.2) is 9.18 Å². The lowest BCUT2D eigenvalue weighted by Gasteiger charge is -2.32. The molecular weight excluding hydrogens is 357 g/mol. The Hall–Kier alpha value is -2.89. The van der Waals surface area contributed by atoms with Gasteiger partial charge in [-0.2, -0.15) is 0 Å². The summed E-state index contributed by atoms with van der Waals surface area (Å²) < 4.78 is 13.7. The van der Waals surface area contributed by atoms with E-state index >= 15 is 0 Å². The van der Waals surface area contributed by atoms with Crippen molar-refractivity contribution >= 4 is 17.6 Å². The minimum Gasteiger partial charge on any atom is -0.352 e. The highest BCUT2D eigenvalue weighted by atomic mass is 19.1. The van der Waals surface area contributed by atoms with E-state index < -0.39 is 5.82 Å². The van der Waals surface area contributed by atoms with Crippen molar-refractivity contribution in [1.82, 2.24) is 10.2 Å². The molecule has 0 aliphatic carbocycles. The third kappa shape index (κ3) is 5.31. The van der Waals surface area contributed by atoms with Crippen molar-refractivity contribution in [3.63, 3.8) is 0 Å². The van der Waals surface area contributed by atoms with Crippen LogP contribution in [0.3, 0.4) is 0 Å². The number of carbonyl (C=O) groups is 2. The van der Waals surface area contributed by atoms with Gasteiger partial charge in [0.1, 0.15) is 5.82 Å². The molecule has 2 aromatic carbocycles. The second kappa shape index (κ2) is 9.35. The van der Waals surface area contributed by atoms with Crippen LogP contribution >= 0.6 is 0 Å². The highest BCUT2D eigenvalue weighted by Crippen LogP contribution is 2.21. The minimum atomic E-state index is -0.435. The number of amides is 3. The Morgan fingerprint density at radius 1 is 1.11 bits per heavy atom. The molecule has 0 radical (unpaired) electrons. The van der Waals surface area contributed by atoms with E-state index in [1.807, 2.05) is 31.2 Å². The molecule has 148 valence electrons. The molecule has 1 aliphatic heterocycles. The summed E-state index contributed by atoms with van der Waals surface area (Å²) in [6.07, 6.45) is 2.65. The van der Waals surface area contributed by atoms with Crippen molar-refractivity contribution < 1.29 is 14.0 Å². The van der Waals surface area contributed by atoms with Crippen LogP contribution < -0.4 is 10.6 Å². The standard InChI is InChI=1S/C22H26FN3O2/c1-16-5-4-6-18(15-16)21(27)24-12-9-17-10-13-26(14-11-17)22(28)25-20-8-3-2-7-19(20)23/h2-8,15,17H,9-14H2,1H3,(H,24,27)(H,25,28). The normalized spacial score (nSPS) is 14.6. The van der Waals surface area contributed by atoms with Gasteiger partial charge in [0.15, 0.2) is 0 Å². The quantitative estimate of drug-likeness (QED) is 0.813. The molecule has 0 aromatic heterocycles. The van der Waals surface area contributed by atoms with Crippen molar-refractivity contribution in [2.75, 3.05) is 25.0 Å². The number of aryl methyl sites for hydroxylation is 1. The molecule has 3 amide bonds. The fourth-order valence-corrected chi connectivity index (χ4v) is 3.46. The van der Waals surface area contributed by atoms with Gasteiger partial charge in [0.05, 0.1) is 5.69 Å². The number of rotatable bonds is 5. The van der Waals surface area contributed by atoms with Gasteiger partial charge >= 0.3 is 6.03 Å². The fraction of sp³-hybridized carbons (Fsp3) is 0.364. The monoisotopic (exact) mass is 383 g/mol. The van der Waals surface area contributed by atoms with Crippen LogP contribution in [0.25, 0.3) is 0 Å². The first-order chi connectivity index (χ1) is 13.5. The van der Waals surface area contributed by atoms with Gasteiger partial charge in [-0.15, -0.1) is 0 Å². The molecule has 0 bridgehead atoms. The SMILES string of the molecule is Cc1cccc(C(=O)NCCC2CCN(C(=O)Nc3ccccc3F)CC2)c1. The number of hydrogen-bond donors (Lipinski definition) is 2. The molecule has 1 saturated heterocycles. The summed E-state index contributed by atoms with van der Waals surface area (Å²) in [6, 6.07) is 13.4. The number of halogens is 1. The number of piperidine rings is 1. The van der Waals surface area contributed by atoms with Gasteiger partial charge < -0.3 is 15.5 Å². The molecule has 5 nitrogen and oxygen atoms in total. The zero-order valence-electron chi connectivity index (χ0n) is 16.1. The fourth-order valence-electron chi connectivity index (χ4n) is 3.46. The number of anilines is 1.